The van der Waals surface area contributed by atoms with Crippen molar-refractivity contribution < 1.29 is 8.42 Å². The molecule has 0 bridgehead atoms. The first-order chi connectivity index (χ1) is 10.9. The van der Waals surface area contributed by atoms with E-state index in [0.717, 1.165) is 25.1 Å². The van der Waals surface area contributed by atoms with E-state index in [1.807, 2.05) is 0 Å². The molecule has 2 rings (SSSR count). The topological polar surface area (TPSA) is 87.8 Å². The molecular formula is C16H26N4O2S. The largest absolute Gasteiger partial charge is 0.370 e. The number of guanidine groups is 1. The zero-order valence-electron chi connectivity index (χ0n) is 13.8. The molecular weight excluding hydrogens is 312 g/mol. The van der Waals surface area contributed by atoms with Crippen LogP contribution in [-0.4, -0.2) is 38.9 Å². The smallest absolute Gasteiger partial charge is 0.240 e. The van der Waals surface area contributed by atoms with Crippen LogP contribution in [0.4, 0.5) is 0 Å². The zero-order valence-corrected chi connectivity index (χ0v) is 14.6. The third kappa shape index (κ3) is 4.94. The molecule has 1 aliphatic rings. The van der Waals surface area contributed by atoms with Gasteiger partial charge in [-0.3, -0.25) is 0 Å². The molecule has 128 valence electrons. The van der Waals surface area contributed by atoms with Crippen LogP contribution in [0, 0.1) is 5.92 Å². The van der Waals surface area contributed by atoms with E-state index in [-0.39, 0.29) is 4.90 Å². The molecule has 0 saturated carbocycles. The summed E-state index contributed by atoms with van der Waals surface area (Å²) in [7, 11) is -3.40. The van der Waals surface area contributed by atoms with Crippen molar-refractivity contribution in [2.75, 3.05) is 19.6 Å². The fourth-order valence-corrected chi connectivity index (χ4v) is 3.76. The summed E-state index contributed by atoms with van der Waals surface area (Å²) in [5.41, 5.74) is 7.01. The maximum Gasteiger partial charge on any atom is 0.240 e. The van der Waals surface area contributed by atoms with Crippen LogP contribution in [0.1, 0.15) is 32.3 Å². The highest BCUT2D eigenvalue weighted by Gasteiger charge is 2.17. The molecule has 0 aromatic heterocycles. The second kappa shape index (κ2) is 7.79. The van der Waals surface area contributed by atoms with Crippen LogP contribution in [-0.2, 0) is 16.6 Å². The first kappa shape index (κ1) is 17.7. The Bertz CT molecular complexity index is 641. The van der Waals surface area contributed by atoms with Crippen molar-refractivity contribution in [2.45, 2.75) is 38.1 Å². The molecule has 1 aromatic rings. The minimum Gasteiger partial charge on any atom is -0.370 e. The number of hydrogen-bond donors (Lipinski definition) is 2. The molecule has 1 saturated heterocycles. The Labute approximate surface area is 138 Å². The number of piperidine rings is 1. The van der Waals surface area contributed by atoms with E-state index in [2.05, 4.69) is 21.5 Å². The number of nitrogens with zero attached hydrogens (tertiary/aromatic N) is 2. The Hall–Kier alpha value is -1.60. The van der Waals surface area contributed by atoms with Crippen LogP contribution in [0.3, 0.4) is 0 Å². The van der Waals surface area contributed by atoms with Crippen molar-refractivity contribution >= 4 is 16.0 Å². The van der Waals surface area contributed by atoms with Gasteiger partial charge in [0.25, 0.3) is 0 Å². The van der Waals surface area contributed by atoms with Gasteiger partial charge in [-0.05, 0) is 36.5 Å². The van der Waals surface area contributed by atoms with Crippen LogP contribution >= 0.6 is 0 Å². The molecule has 23 heavy (non-hydrogen) atoms. The number of likely N-dealkylation sites (tertiary alicyclic amines) is 1. The van der Waals surface area contributed by atoms with Crippen LogP contribution in [0.5, 0.6) is 0 Å². The Kier molecular flexibility index (Phi) is 6.01. The van der Waals surface area contributed by atoms with E-state index in [1.165, 1.54) is 6.42 Å². The summed E-state index contributed by atoms with van der Waals surface area (Å²) in [4.78, 5) is 6.83. The molecule has 1 aromatic carbocycles. The summed E-state index contributed by atoms with van der Waals surface area (Å²) >= 11 is 0. The van der Waals surface area contributed by atoms with Crippen molar-refractivity contribution in [3.8, 4) is 0 Å². The van der Waals surface area contributed by atoms with Gasteiger partial charge in [-0.15, -0.1) is 0 Å². The lowest BCUT2D eigenvalue weighted by Crippen LogP contribution is -2.43. The van der Waals surface area contributed by atoms with Crippen LogP contribution < -0.4 is 10.5 Å². The van der Waals surface area contributed by atoms with Gasteiger partial charge in [-0.1, -0.05) is 26.0 Å². The predicted molar refractivity (Wildman–Crippen MR) is 92.6 cm³/mol. The Balaban J connectivity index is 1.99. The van der Waals surface area contributed by atoms with Crippen LogP contribution in [0.15, 0.2) is 34.2 Å². The van der Waals surface area contributed by atoms with E-state index >= 15 is 0 Å². The number of sulfonamides is 1. The highest BCUT2D eigenvalue weighted by Crippen LogP contribution is 2.15. The molecule has 0 amide bonds. The quantitative estimate of drug-likeness (QED) is 0.629. The number of hydrogen-bond acceptors (Lipinski definition) is 3. The minimum atomic E-state index is -3.40. The molecule has 3 N–H and O–H groups in total. The van der Waals surface area contributed by atoms with Crippen LogP contribution in [0.2, 0.25) is 0 Å². The summed E-state index contributed by atoms with van der Waals surface area (Å²) in [5, 5.41) is 0. The van der Waals surface area contributed by atoms with Crippen molar-refractivity contribution in [1.82, 2.24) is 9.62 Å². The van der Waals surface area contributed by atoms with Gasteiger partial charge < -0.3 is 10.6 Å². The highest BCUT2D eigenvalue weighted by atomic mass is 32.2. The van der Waals surface area contributed by atoms with Gasteiger partial charge in [0.15, 0.2) is 5.96 Å². The molecule has 0 radical (unpaired) electrons. The number of aliphatic imine (C=N–C) groups is 1. The van der Waals surface area contributed by atoms with Crippen molar-refractivity contribution in [1.29, 1.82) is 0 Å². The first-order valence-corrected chi connectivity index (χ1v) is 9.54. The first-order valence-electron chi connectivity index (χ1n) is 8.06. The van der Waals surface area contributed by atoms with E-state index in [4.69, 9.17) is 5.73 Å². The second-order valence-corrected chi connectivity index (χ2v) is 7.78. The van der Waals surface area contributed by atoms with Gasteiger partial charge in [0, 0.05) is 19.6 Å². The van der Waals surface area contributed by atoms with Gasteiger partial charge in [0.2, 0.25) is 10.0 Å². The zero-order chi connectivity index (χ0) is 16.9. The lowest BCUT2D eigenvalue weighted by molar-refractivity contribution is 0.270. The lowest BCUT2D eigenvalue weighted by atomic mass is 10.0. The van der Waals surface area contributed by atoms with Crippen LogP contribution in [0.25, 0.3) is 0 Å². The fourth-order valence-electron chi connectivity index (χ4n) is 2.72. The molecule has 6 nitrogen and oxygen atoms in total. The molecule has 1 heterocycles. The maximum atomic E-state index is 11.9. The molecule has 1 atom stereocenters. The average molecular weight is 338 g/mol. The highest BCUT2D eigenvalue weighted by molar-refractivity contribution is 7.89. The van der Waals surface area contributed by atoms with Gasteiger partial charge >= 0.3 is 0 Å². The summed E-state index contributed by atoms with van der Waals surface area (Å²) < 4.78 is 26.2. The Morgan fingerprint density at radius 2 is 2.09 bits per heavy atom. The van der Waals surface area contributed by atoms with Crippen molar-refractivity contribution in [3.05, 3.63) is 29.8 Å². The SMILES string of the molecule is CCNS(=O)(=O)c1ccc(CN=C(N)N2CCCC(C)C2)cc1. The standard InChI is InChI=1S/C16H26N4O2S/c1-3-19-23(21,22)15-8-6-14(7-9-15)11-18-16(17)20-10-4-5-13(2)12-20/h6-9,13,19H,3-5,10-12H2,1-2H3,(H2,17,18). The van der Waals surface area contributed by atoms with Gasteiger partial charge in [0.1, 0.15) is 0 Å². The normalized spacial score (nSPS) is 19.8. The number of nitrogens with one attached hydrogen (secondary N) is 1. The van der Waals surface area contributed by atoms with Gasteiger partial charge in [-0.25, -0.2) is 18.1 Å². The molecule has 1 unspecified atom stereocenters. The van der Waals surface area contributed by atoms with E-state index in [1.54, 1.807) is 31.2 Å². The number of nitrogens with two attached hydrogens (primary N) is 1. The maximum absolute atomic E-state index is 11.9. The summed E-state index contributed by atoms with van der Waals surface area (Å²) in [6, 6.07) is 6.75. The van der Waals surface area contributed by atoms with Crippen molar-refractivity contribution in [3.63, 3.8) is 0 Å². The summed E-state index contributed by atoms with van der Waals surface area (Å²) in [5.74, 6) is 1.22. The van der Waals surface area contributed by atoms with E-state index in [9.17, 15) is 8.42 Å². The second-order valence-electron chi connectivity index (χ2n) is 6.01. The molecule has 0 spiro atoms. The Morgan fingerprint density at radius 3 is 2.70 bits per heavy atom. The predicted octanol–water partition coefficient (Wildman–Crippen LogP) is 1.53. The molecule has 1 aliphatic heterocycles. The van der Waals surface area contributed by atoms with E-state index < -0.39 is 10.0 Å². The summed E-state index contributed by atoms with van der Waals surface area (Å²) in [6.07, 6.45) is 2.39. The molecule has 0 aliphatic carbocycles. The third-order valence-electron chi connectivity index (χ3n) is 3.97. The van der Waals surface area contributed by atoms with Crippen molar-refractivity contribution in [2.24, 2.45) is 16.6 Å². The molecule has 7 heteroatoms. The number of rotatable bonds is 5. The Morgan fingerprint density at radius 1 is 1.39 bits per heavy atom. The minimum absolute atomic E-state index is 0.268. The monoisotopic (exact) mass is 338 g/mol. The lowest BCUT2D eigenvalue weighted by Gasteiger charge is -2.31. The molecule has 1 fully saturated rings. The number of benzene rings is 1. The fraction of sp³-hybridized carbons (Fsp3) is 0.562. The average Bonchev–Trinajstić information content (AvgIpc) is 2.53. The van der Waals surface area contributed by atoms with Gasteiger partial charge in [-0.2, -0.15) is 0 Å². The van der Waals surface area contributed by atoms with E-state index in [0.29, 0.717) is 25.0 Å². The summed E-state index contributed by atoms with van der Waals surface area (Å²) in [6.45, 7) is 6.72. The third-order valence-corrected chi connectivity index (χ3v) is 5.53. The van der Waals surface area contributed by atoms with Gasteiger partial charge in [0.05, 0.1) is 11.4 Å².